The lowest BCUT2D eigenvalue weighted by Crippen LogP contribution is -2.33. The summed E-state index contributed by atoms with van der Waals surface area (Å²) in [5.41, 5.74) is 1.67. The summed E-state index contributed by atoms with van der Waals surface area (Å²) in [4.78, 5) is 36.8. The number of anilines is 1. The summed E-state index contributed by atoms with van der Waals surface area (Å²) in [6, 6.07) is 17.3. The first-order valence-electron chi connectivity index (χ1n) is 9.95. The minimum Gasteiger partial charge on any atom is -0.455 e. The van der Waals surface area contributed by atoms with Crippen LogP contribution >= 0.6 is 0 Å². The number of esters is 1. The maximum Gasteiger partial charge on any atom is 0.314 e. The Morgan fingerprint density at radius 3 is 2.77 bits per heavy atom. The summed E-state index contributed by atoms with van der Waals surface area (Å²) in [6.07, 6.45) is -0.120. The number of amides is 2. The van der Waals surface area contributed by atoms with Gasteiger partial charge >= 0.3 is 5.97 Å². The van der Waals surface area contributed by atoms with Crippen molar-refractivity contribution in [3.63, 3.8) is 0 Å². The molecule has 2 atom stereocenters. The van der Waals surface area contributed by atoms with E-state index in [0.29, 0.717) is 5.56 Å². The summed E-state index contributed by atoms with van der Waals surface area (Å²) in [6.45, 7) is 1.39. The number of ether oxygens (including phenoxy) is 1. The largest absolute Gasteiger partial charge is 0.455 e. The third-order valence-corrected chi connectivity index (χ3v) is 5.35. The standard InChI is InChI=1S/C24H21FN2O4/c1-14(17-8-4-6-15-5-2-3-7-18(15)17)26-23(29)13-31-24(30)20-12-22(28)27-21-11-16(25)9-10-19(20)21/h2-11,14,20H,12-13H2,1H3,(H,26,29)(H,27,28). The minimum absolute atomic E-state index is 0.120. The Morgan fingerprint density at radius 1 is 1.16 bits per heavy atom. The Bertz CT molecular complexity index is 1170. The SMILES string of the molecule is CC(NC(=O)COC(=O)C1CC(=O)Nc2cc(F)ccc21)c1cccc2ccccc12. The summed E-state index contributed by atoms with van der Waals surface area (Å²) in [5.74, 6) is -2.96. The number of benzene rings is 3. The number of fused-ring (bicyclic) bond motifs is 2. The first-order valence-corrected chi connectivity index (χ1v) is 9.95. The molecule has 2 N–H and O–H groups in total. The van der Waals surface area contributed by atoms with Crippen molar-refractivity contribution in [2.75, 3.05) is 11.9 Å². The van der Waals surface area contributed by atoms with E-state index < -0.39 is 36.1 Å². The maximum absolute atomic E-state index is 13.4. The maximum atomic E-state index is 13.4. The van der Waals surface area contributed by atoms with Gasteiger partial charge in [-0.2, -0.15) is 0 Å². The van der Waals surface area contributed by atoms with Crippen molar-refractivity contribution in [1.29, 1.82) is 0 Å². The molecule has 2 amide bonds. The second kappa shape index (κ2) is 8.55. The first kappa shape index (κ1) is 20.5. The number of carbonyl (C=O) groups excluding carboxylic acids is 3. The molecule has 0 saturated heterocycles. The normalized spacial score (nSPS) is 16.2. The van der Waals surface area contributed by atoms with Crippen LogP contribution in [0.25, 0.3) is 10.8 Å². The van der Waals surface area contributed by atoms with Gasteiger partial charge in [0.2, 0.25) is 5.91 Å². The van der Waals surface area contributed by atoms with Gasteiger partial charge in [-0.15, -0.1) is 0 Å². The average molecular weight is 420 g/mol. The van der Waals surface area contributed by atoms with E-state index in [1.807, 2.05) is 49.4 Å². The Labute approximate surface area is 178 Å². The van der Waals surface area contributed by atoms with Crippen LogP contribution in [0, 0.1) is 5.82 Å². The molecule has 6 nitrogen and oxygen atoms in total. The van der Waals surface area contributed by atoms with Gasteiger partial charge in [0.15, 0.2) is 6.61 Å². The third-order valence-electron chi connectivity index (χ3n) is 5.35. The molecule has 7 heteroatoms. The lowest BCUT2D eigenvalue weighted by Gasteiger charge is -2.24. The van der Waals surface area contributed by atoms with Crippen LogP contribution in [0.3, 0.4) is 0 Å². The number of carbonyl (C=O) groups is 3. The highest BCUT2D eigenvalue weighted by Gasteiger charge is 2.32. The fourth-order valence-electron chi connectivity index (χ4n) is 3.87. The molecule has 3 aromatic carbocycles. The monoisotopic (exact) mass is 420 g/mol. The number of hydrogen-bond donors (Lipinski definition) is 2. The van der Waals surface area contributed by atoms with Gasteiger partial charge in [-0.3, -0.25) is 14.4 Å². The highest BCUT2D eigenvalue weighted by molar-refractivity contribution is 6.00. The molecule has 158 valence electrons. The predicted octanol–water partition coefficient (Wildman–Crippen LogP) is 3.83. The Balaban J connectivity index is 1.40. The quantitative estimate of drug-likeness (QED) is 0.615. The highest BCUT2D eigenvalue weighted by Crippen LogP contribution is 2.33. The van der Waals surface area contributed by atoms with Crippen LogP contribution in [0.2, 0.25) is 0 Å². The lowest BCUT2D eigenvalue weighted by molar-refractivity contribution is -0.151. The number of hydrogen-bond acceptors (Lipinski definition) is 4. The summed E-state index contributed by atoms with van der Waals surface area (Å²) in [7, 11) is 0. The molecule has 1 heterocycles. The van der Waals surface area contributed by atoms with E-state index in [-0.39, 0.29) is 18.2 Å². The number of rotatable bonds is 5. The van der Waals surface area contributed by atoms with Gasteiger partial charge in [0.25, 0.3) is 5.91 Å². The van der Waals surface area contributed by atoms with E-state index >= 15 is 0 Å². The van der Waals surface area contributed by atoms with Crippen molar-refractivity contribution in [3.8, 4) is 0 Å². The van der Waals surface area contributed by atoms with Gasteiger partial charge in [-0.25, -0.2) is 4.39 Å². The molecule has 31 heavy (non-hydrogen) atoms. The average Bonchev–Trinajstić information content (AvgIpc) is 2.76. The molecule has 1 aliphatic heterocycles. The van der Waals surface area contributed by atoms with Crippen molar-refractivity contribution >= 4 is 34.2 Å². The molecular weight excluding hydrogens is 399 g/mol. The molecule has 0 fully saturated rings. The van der Waals surface area contributed by atoms with Crippen molar-refractivity contribution in [3.05, 3.63) is 77.6 Å². The van der Waals surface area contributed by atoms with Gasteiger partial charge in [-0.05, 0) is 41.0 Å². The van der Waals surface area contributed by atoms with Crippen molar-refractivity contribution in [2.45, 2.75) is 25.3 Å². The molecule has 0 aliphatic carbocycles. The zero-order chi connectivity index (χ0) is 22.0. The molecule has 4 rings (SSSR count). The van der Waals surface area contributed by atoms with Crippen LogP contribution in [0.4, 0.5) is 10.1 Å². The van der Waals surface area contributed by atoms with Crippen LogP contribution in [-0.2, 0) is 19.1 Å². The molecule has 0 bridgehead atoms. The predicted molar refractivity (Wildman–Crippen MR) is 114 cm³/mol. The number of halogens is 1. The second-order valence-electron chi connectivity index (χ2n) is 7.50. The number of nitrogens with one attached hydrogen (secondary N) is 2. The van der Waals surface area contributed by atoms with Crippen molar-refractivity contribution in [2.24, 2.45) is 0 Å². The van der Waals surface area contributed by atoms with E-state index in [1.54, 1.807) is 0 Å². The topological polar surface area (TPSA) is 84.5 Å². The summed E-state index contributed by atoms with van der Waals surface area (Å²) in [5, 5.41) is 7.48. The zero-order valence-corrected chi connectivity index (χ0v) is 16.9. The van der Waals surface area contributed by atoms with Gasteiger partial charge in [0.05, 0.1) is 12.0 Å². The second-order valence-corrected chi connectivity index (χ2v) is 7.50. The fourth-order valence-corrected chi connectivity index (χ4v) is 3.87. The molecule has 3 aromatic rings. The minimum atomic E-state index is -0.882. The van der Waals surface area contributed by atoms with E-state index in [0.717, 1.165) is 22.4 Å². The Hall–Kier alpha value is -3.74. The van der Waals surface area contributed by atoms with Crippen LogP contribution < -0.4 is 10.6 Å². The van der Waals surface area contributed by atoms with Crippen molar-refractivity contribution in [1.82, 2.24) is 5.32 Å². The zero-order valence-electron chi connectivity index (χ0n) is 16.9. The Morgan fingerprint density at radius 2 is 1.94 bits per heavy atom. The third kappa shape index (κ3) is 4.40. The van der Waals surface area contributed by atoms with E-state index in [2.05, 4.69) is 10.6 Å². The lowest BCUT2D eigenvalue weighted by atomic mass is 9.90. The summed E-state index contributed by atoms with van der Waals surface area (Å²) < 4.78 is 18.6. The van der Waals surface area contributed by atoms with Crippen LogP contribution in [0.5, 0.6) is 0 Å². The molecule has 1 aliphatic rings. The molecule has 0 saturated carbocycles. The Kier molecular flexibility index (Phi) is 5.66. The van der Waals surface area contributed by atoms with Crippen molar-refractivity contribution < 1.29 is 23.5 Å². The van der Waals surface area contributed by atoms with Crippen LogP contribution in [0.15, 0.2) is 60.7 Å². The smallest absolute Gasteiger partial charge is 0.314 e. The molecule has 0 spiro atoms. The van der Waals surface area contributed by atoms with Gasteiger partial charge in [-0.1, -0.05) is 48.5 Å². The van der Waals surface area contributed by atoms with Gasteiger partial charge in [0, 0.05) is 12.1 Å². The van der Waals surface area contributed by atoms with E-state index in [9.17, 15) is 18.8 Å². The molecule has 0 aromatic heterocycles. The van der Waals surface area contributed by atoms with E-state index in [4.69, 9.17) is 4.74 Å². The molecular formula is C24H21FN2O4. The molecule has 2 unspecified atom stereocenters. The summed E-state index contributed by atoms with van der Waals surface area (Å²) >= 11 is 0. The van der Waals surface area contributed by atoms with Gasteiger partial charge in [0.1, 0.15) is 5.82 Å². The van der Waals surface area contributed by atoms with E-state index in [1.165, 1.54) is 12.1 Å². The van der Waals surface area contributed by atoms with Crippen LogP contribution in [-0.4, -0.2) is 24.4 Å². The fraction of sp³-hybridized carbons (Fsp3) is 0.208. The highest BCUT2D eigenvalue weighted by atomic mass is 19.1. The van der Waals surface area contributed by atoms with Gasteiger partial charge < -0.3 is 15.4 Å². The molecule has 0 radical (unpaired) electrons. The van der Waals surface area contributed by atoms with Crippen LogP contribution in [0.1, 0.15) is 36.4 Å². The first-order chi connectivity index (χ1) is 14.9.